The molecule has 2 rings (SSSR count). The Bertz CT molecular complexity index is 370. The van der Waals surface area contributed by atoms with Gasteiger partial charge in [0.15, 0.2) is 0 Å². The summed E-state index contributed by atoms with van der Waals surface area (Å²) in [5.41, 5.74) is 0. The van der Waals surface area contributed by atoms with Crippen LogP contribution in [0.25, 0.3) is 0 Å². The maximum absolute atomic E-state index is 12.6. The molecule has 2 N–H and O–H groups in total. The first-order chi connectivity index (χ1) is 9.54. The smallest absolute Gasteiger partial charge is 0.326 e. The van der Waals surface area contributed by atoms with Crippen molar-refractivity contribution < 1.29 is 19.8 Å². The van der Waals surface area contributed by atoms with E-state index in [-0.39, 0.29) is 18.7 Å². The Morgan fingerprint density at radius 2 is 2.00 bits per heavy atom. The molecule has 2 amide bonds. The van der Waals surface area contributed by atoms with Crippen LogP contribution in [0.15, 0.2) is 0 Å². The quantitative estimate of drug-likeness (QED) is 0.811. The van der Waals surface area contributed by atoms with Crippen LogP contribution in [0.4, 0.5) is 4.79 Å². The lowest BCUT2D eigenvalue weighted by Crippen LogP contribution is -2.58. The number of rotatable bonds is 4. The van der Waals surface area contributed by atoms with Gasteiger partial charge in [0.1, 0.15) is 6.04 Å². The van der Waals surface area contributed by atoms with Crippen molar-refractivity contribution >= 4 is 12.0 Å². The molecule has 1 aliphatic carbocycles. The van der Waals surface area contributed by atoms with Crippen molar-refractivity contribution in [3.63, 3.8) is 0 Å². The molecule has 0 aromatic rings. The molecular formula is C14H24N2O4. The lowest BCUT2D eigenvalue weighted by Gasteiger charge is -2.43. The summed E-state index contributed by atoms with van der Waals surface area (Å²) in [5.74, 6) is -0.599. The Morgan fingerprint density at radius 3 is 2.50 bits per heavy atom. The van der Waals surface area contributed by atoms with Crippen molar-refractivity contribution in [1.29, 1.82) is 0 Å². The lowest BCUT2D eigenvalue weighted by atomic mass is 9.90. The number of aliphatic hydroxyl groups excluding tert-OH is 1. The fraction of sp³-hybridized carbons (Fsp3) is 0.857. The maximum Gasteiger partial charge on any atom is 0.326 e. The summed E-state index contributed by atoms with van der Waals surface area (Å²) in [7, 11) is 0. The Hall–Kier alpha value is -1.30. The van der Waals surface area contributed by atoms with Crippen LogP contribution < -0.4 is 0 Å². The SMILES string of the molecule is CC1CCN(C(=O)N(CCO)C2CCC2)C(C(=O)O)C1. The molecule has 0 spiro atoms. The topological polar surface area (TPSA) is 81.1 Å². The number of piperidine rings is 1. The zero-order valence-electron chi connectivity index (χ0n) is 12.0. The second-order valence-electron chi connectivity index (χ2n) is 5.96. The van der Waals surface area contributed by atoms with E-state index >= 15 is 0 Å². The van der Waals surface area contributed by atoms with Gasteiger partial charge in [0.05, 0.1) is 6.61 Å². The van der Waals surface area contributed by atoms with Gasteiger partial charge in [-0.3, -0.25) is 0 Å². The van der Waals surface area contributed by atoms with Crippen molar-refractivity contribution in [3.05, 3.63) is 0 Å². The van der Waals surface area contributed by atoms with Gasteiger partial charge in [0.25, 0.3) is 0 Å². The zero-order chi connectivity index (χ0) is 14.7. The minimum Gasteiger partial charge on any atom is -0.480 e. The second kappa shape index (κ2) is 6.43. The Balaban J connectivity index is 2.09. The summed E-state index contributed by atoms with van der Waals surface area (Å²) in [5, 5.41) is 18.5. The zero-order valence-corrected chi connectivity index (χ0v) is 12.0. The average Bonchev–Trinajstić information content (AvgIpc) is 2.35. The summed E-state index contributed by atoms with van der Waals surface area (Å²) < 4.78 is 0. The number of aliphatic hydroxyl groups is 1. The van der Waals surface area contributed by atoms with Crippen molar-refractivity contribution in [2.75, 3.05) is 19.7 Å². The molecule has 2 fully saturated rings. The number of amides is 2. The van der Waals surface area contributed by atoms with Crippen molar-refractivity contribution in [2.24, 2.45) is 5.92 Å². The molecule has 1 aliphatic heterocycles. The van der Waals surface area contributed by atoms with Gasteiger partial charge in [-0.2, -0.15) is 0 Å². The van der Waals surface area contributed by atoms with Crippen LogP contribution in [0.1, 0.15) is 39.0 Å². The number of carboxylic acid groups (broad SMARTS) is 1. The van der Waals surface area contributed by atoms with Gasteiger partial charge in [0.2, 0.25) is 0 Å². The van der Waals surface area contributed by atoms with Crippen LogP contribution >= 0.6 is 0 Å². The normalized spacial score (nSPS) is 27.0. The highest BCUT2D eigenvalue weighted by Crippen LogP contribution is 2.29. The van der Waals surface area contributed by atoms with E-state index in [1.807, 2.05) is 6.92 Å². The van der Waals surface area contributed by atoms with Crippen molar-refractivity contribution in [1.82, 2.24) is 9.80 Å². The molecule has 2 atom stereocenters. The third kappa shape index (κ3) is 3.06. The molecule has 0 aromatic carbocycles. The predicted octanol–water partition coefficient (Wildman–Crippen LogP) is 1.14. The van der Waals surface area contributed by atoms with Crippen LogP contribution in [0.3, 0.4) is 0 Å². The maximum atomic E-state index is 12.6. The minimum absolute atomic E-state index is 0.0791. The molecular weight excluding hydrogens is 260 g/mol. The monoisotopic (exact) mass is 284 g/mol. The average molecular weight is 284 g/mol. The largest absolute Gasteiger partial charge is 0.480 e. The molecule has 114 valence electrons. The fourth-order valence-corrected chi connectivity index (χ4v) is 3.01. The number of carbonyl (C=O) groups excluding carboxylic acids is 1. The van der Waals surface area contributed by atoms with Crippen LogP contribution in [-0.4, -0.2) is 63.8 Å². The van der Waals surface area contributed by atoms with Crippen molar-refractivity contribution in [3.8, 4) is 0 Å². The Morgan fingerprint density at radius 1 is 1.30 bits per heavy atom. The highest BCUT2D eigenvalue weighted by atomic mass is 16.4. The van der Waals surface area contributed by atoms with Crippen LogP contribution in [0.2, 0.25) is 0 Å². The van der Waals surface area contributed by atoms with Gasteiger partial charge in [-0.1, -0.05) is 6.92 Å². The van der Waals surface area contributed by atoms with E-state index in [9.17, 15) is 14.7 Å². The highest BCUT2D eigenvalue weighted by molar-refractivity contribution is 5.83. The molecule has 1 saturated carbocycles. The first-order valence-electron chi connectivity index (χ1n) is 7.45. The number of nitrogens with zero attached hydrogens (tertiary/aromatic N) is 2. The van der Waals surface area contributed by atoms with E-state index in [0.717, 1.165) is 25.7 Å². The summed E-state index contributed by atoms with van der Waals surface area (Å²) in [4.78, 5) is 27.2. The van der Waals surface area contributed by atoms with E-state index in [1.165, 1.54) is 4.90 Å². The molecule has 1 saturated heterocycles. The van der Waals surface area contributed by atoms with Gasteiger partial charge in [-0.05, 0) is 38.0 Å². The molecule has 0 bridgehead atoms. The molecule has 6 nitrogen and oxygen atoms in total. The predicted molar refractivity (Wildman–Crippen MR) is 73.4 cm³/mol. The van der Waals surface area contributed by atoms with Crippen molar-refractivity contribution in [2.45, 2.75) is 51.1 Å². The fourth-order valence-electron chi connectivity index (χ4n) is 3.01. The van der Waals surface area contributed by atoms with E-state index in [4.69, 9.17) is 5.11 Å². The van der Waals surface area contributed by atoms with E-state index in [2.05, 4.69) is 0 Å². The third-order valence-electron chi connectivity index (χ3n) is 4.50. The van der Waals surface area contributed by atoms with E-state index in [1.54, 1.807) is 4.90 Å². The molecule has 1 heterocycles. The lowest BCUT2D eigenvalue weighted by molar-refractivity contribution is -0.144. The van der Waals surface area contributed by atoms with Crippen LogP contribution in [-0.2, 0) is 4.79 Å². The minimum atomic E-state index is -0.928. The molecule has 6 heteroatoms. The third-order valence-corrected chi connectivity index (χ3v) is 4.50. The Kier molecular flexibility index (Phi) is 4.86. The number of carbonyl (C=O) groups is 2. The van der Waals surface area contributed by atoms with Crippen LogP contribution in [0, 0.1) is 5.92 Å². The van der Waals surface area contributed by atoms with Gasteiger partial charge < -0.3 is 20.0 Å². The standard InChI is InChI=1S/C14H24N2O4/c1-10-5-6-16(12(9-10)13(18)19)14(20)15(7-8-17)11-3-2-4-11/h10-12,17H,2-9H2,1H3,(H,18,19). The summed E-state index contributed by atoms with van der Waals surface area (Å²) in [6.07, 6.45) is 4.35. The van der Waals surface area contributed by atoms with Gasteiger partial charge >= 0.3 is 12.0 Å². The number of urea groups is 1. The number of hydrogen-bond acceptors (Lipinski definition) is 3. The number of aliphatic carboxylic acids is 1. The summed E-state index contributed by atoms with van der Waals surface area (Å²) in [6, 6.07) is -0.779. The van der Waals surface area contributed by atoms with Gasteiger partial charge in [0, 0.05) is 19.1 Å². The van der Waals surface area contributed by atoms with Gasteiger partial charge in [-0.15, -0.1) is 0 Å². The highest BCUT2D eigenvalue weighted by Gasteiger charge is 2.39. The Labute approximate surface area is 119 Å². The van der Waals surface area contributed by atoms with Crippen LogP contribution in [0.5, 0.6) is 0 Å². The van der Waals surface area contributed by atoms with E-state index in [0.29, 0.717) is 25.4 Å². The molecule has 2 unspecified atom stereocenters. The number of carboxylic acids is 1. The summed E-state index contributed by atoms with van der Waals surface area (Å²) >= 11 is 0. The molecule has 2 aliphatic rings. The molecule has 20 heavy (non-hydrogen) atoms. The van der Waals surface area contributed by atoms with Gasteiger partial charge in [-0.25, -0.2) is 9.59 Å². The molecule has 0 aromatic heterocycles. The number of hydrogen-bond donors (Lipinski definition) is 2. The summed E-state index contributed by atoms with van der Waals surface area (Å²) in [6.45, 7) is 2.73. The first kappa shape index (κ1) is 15.1. The second-order valence-corrected chi connectivity index (χ2v) is 5.96. The van der Waals surface area contributed by atoms with E-state index < -0.39 is 12.0 Å². The first-order valence-corrected chi connectivity index (χ1v) is 7.45. The molecule has 0 radical (unpaired) electrons. The number of likely N-dealkylation sites (tertiary alicyclic amines) is 1.